The van der Waals surface area contributed by atoms with Gasteiger partial charge in [0.15, 0.2) is 0 Å². The second-order valence-corrected chi connectivity index (χ2v) is 3.75. The summed E-state index contributed by atoms with van der Waals surface area (Å²) in [5, 5.41) is 0. The van der Waals surface area contributed by atoms with Crippen LogP contribution >= 0.6 is 0 Å². The van der Waals surface area contributed by atoms with Crippen LogP contribution in [0.25, 0.3) is 0 Å². The van der Waals surface area contributed by atoms with Crippen LogP contribution in [0.15, 0.2) is 30.9 Å². The van der Waals surface area contributed by atoms with Crippen molar-refractivity contribution in [1.82, 2.24) is 4.90 Å². The Morgan fingerprint density at radius 1 is 1.47 bits per heavy atom. The van der Waals surface area contributed by atoms with Gasteiger partial charge >= 0.3 is 0 Å². The standard InChI is InChI=1S/C12H13F2N/c1-2-6-15-7-5-12(15)10-4-3-9(13)8-11(10)14/h2-4,8,12H,1,5-7H2. The van der Waals surface area contributed by atoms with Crippen LogP contribution in [-0.4, -0.2) is 18.0 Å². The van der Waals surface area contributed by atoms with Gasteiger partial charge in [-0.1, -0.05) is 12.1 Å². The van der Waals surface area contributed by atoms with E-state index in [1.807, 2.05) is 0 Å². The molecule has 1 fully saturated rings. The normalized spacial score (nSPS) is 21.1. The molecule has 15 heavy (non-hydrogen) atoms. The lowest BCUT2D eigenvalue weighted by molar-refractivity contribution is 0.104. The van der Waals surface area contributed by atoms with Gasteiger partial charge < -0.3 is 0 Å². The molecule has 1 aliphatic rings. The summed E-state index contributed by atoms with van der Waals surface area (Å²) in [5.41, 5.74) is 0.588. The lowest BCUT2D eigenvalue weighted by atomic mass is 9.94. The van der Waals surface area contributed by atoms with Crippen molar-refractivity contribution in [3.05, 3.63) is 48.1 Å². The number of halogens is 2. The zero-order chi connectivity index (χ0) is 10.8. The monoisotopic (exact) mass is 209 g/mol. The maximum absolute atomic E-state index is 13.4. The summed E-state index contributed by atoms with van der Waals surface area (Å²) in [7, 11) is 0. The van der Waals surface area contributed by atoms with Gasteiger partial charge in [0.1, 0.15) is 11.6 Å². The van der Waals surface area contributed by atoms with Crippen LogP contribution in [0, 0.1) is 11.6 Å². The Morgan fingerprint density at radius 3 is 2.80 bits per heavy atom. The van der Waals surface area contributed by atoms with Gasteiger partial charge in [0, 0.05) is 30.8 Å². The van der Waals surface area contributed by atoms with Crippen molar-refractivity contribution in [3.8, 4) is 0 Å². The molecule has 1 saturated heterocycles. The number of hydrogen-bond donors (Lipinski definition) is 0. The highest BCUT2D eigenvalue weighted by atomic mass is 19.1. The van der Waals surface area contributed by atoms with Crippen molar-refractivity contribution < 1.29 is 8.78 Å². The predicted octanol–water partition coefficient (Wildman–Crippen LogP) is 2.90. The minimum absolute atomic E-state index is 0.0867. The molecule has 0 bridgehead atoms. The third kappa shape index (κ3) is 1.92. The van der Waals surface area contributed by atoms with Crippen LogP contribution in [0.3, 0.4) is 0 Å². The first-order valence-corrected chi connectivity index (χ1v) is 5.02. The molecule has 0 spiro atoms. The van der Waals surface area contributed by atoms with Gasteiger partial charge in [-0.15, -0.1) is 6.58 Å². The molecule has 1 aromatic rings. The summed E-state index contributed by atoms with van der Waals surface area (Å²) in [6.07, 6.45) is 2.73. The van der Waals surface area contributed by atoms with Crippen LogP contribution in [0.2, 0.25) is 0 Å². The quantitative estimate of drug-likeness (QED) is 0.692. The van der Waals surface area contributed by atoms with Crippen LogP contribution in [0.1, 0.15) is 18.0 Å². The van der Waals surface area contributed by atoms with Crippen LogP contribution in [0.5, 0.6) is 0 Å². The summed E-state index contributed by atoms with van der Waals surface area (Å²) in [6.45, 7) is 5.36. The van der Waals surface area contributed by atoms with E-state index in [0.29, 0.717) is 5.56 Å². The number of hydrogen-bond acceptors (Lipinski definition) is 1. The Hall–Kier alpha value is -1.22. The smallest absolute Gasteiger partial charge is 0.130 e. The molecule has 1 atom stereocenters. The van der Waals surface area contributed by atoms with E-state index in [4.69, 9.17) is 0 Å². The van der Waals surface area contributed by atoms with Gasteiger partial charge in [-0.25, -0.2) is 8.78 Å². The third-order valence-corrected chi connectivity index (χ3v) is 2.82. The van der Waals surface area contributed by atoms with Gasteiger partial charge in [-0.3, -0.25) is 4.90 Å². The average molecular weight is 209 g/mol. The average Bonchev–Trinajstić information content (AvgIpc) is 2.17. The van der Waals surface area contributed by atoms with E-state index in [1.54, 1.807) is 6.08 Å². The maximum atomic E-state index is 13.4. The molecule has 0 amide bonds. The van der Waals surface area contributed by atoms with Gasteiger partial charge in [0.2, 0.25) is 0 Å². The predicted molar refractivity (Wildman–Crippen MR) is 55.5 cm³/mol. The van der Waals surface area contributed by atoms with Crippen LogP contribution < -0.4 is 0 Å². The van der Waals surface area contributed by atoms with E-state index in [0.717, 1.165) is 25.6 Å². The molecular formula is C12H13F2N. The fraction of sp³-hybridized carbons (Fsp3) is 0.333. The molecule has 1 unspecified atom stereocenters. The lowest BCUT2D eigenvalue weighted by Crippen LogP contribution is -2.41. The summed E-state index contributed by atoms with van der Waals surface area (Å²) in [4.78, 5) is 2.11. The molecule has 1 nitrogen and oxygen atoms in total. The zero-order valence-electron chi connectivity index (χ0n) is 8.42. The minimum Gasteiger partial charge on any atom is -0.292 e. The number of nitrogens with zero attached hydrogens (tertiary/aromatic N) is 1. The highest BCUT2D eigenvalue weighted by molar-refractivity contribution is 5.24. The largest absolute Gasteiger partial charge is 0.292 e. The summed E-state index contributed by atoms with van der Waals surface area (Å²) < 4.78 is 26.2. The van der Waals surface area contributed by atoms with Crippen molar-refractivity contribution in [2.24, 2.45) is 0 Å². The van der Waals surface area contributed by atoms with E-state index in [9.17, 15) is 8.78 Å². The molecule has 1 heterocycles. The Bertz CT molecular complexity index is 376. The highest BCUT2D eigenvalue weighted by Crippen LogP contribution is 2.34. The van der Waals surface area contributed by atoms with Crippen molar-refractivity contribution in [2.75, 3.05) is 13.1 Å². The fourth-order valence-corrected chi connectivity index (χ4v) is 1.95. The van der Waals surface area contributed by atoms with Crippen LogP contribution in [0.4, 0.5) is 8.78 Å². The Balaban J connectivity index is 2.19. The van der Waals surface area contributed by atoms with E-state index < -0.39 is 11.6 Å². The molecular weight excluding hydrogens is 196 g/mol. The maximum Gasteiger partial charge on any atom is 0.130 e. The van der Waals surface area contributed by atoms with Gasteiger partial charge in [-0.2, -0.15) is 0 Å². The summed E-state index contributed by atoms with van der Waals surface area (Å²) >= 11 is 0. The second kappa shape index (κ2) is 4.11. The topological polar surface area (TPSA) is 3.24 Å². The fourth-order valence-electron chi connectivity index (χ4n) is 1.95. The number of likely N-dealkylation sites (tertiary alicyclic amines) is 1. The highest BCUT2D eigenvalue weighted by Gasteiger charge is 2.30. The first-order valence-electron chi connectivity index (χ1n) is 5.02. The Morgan fingerprint density at radius 2 is 2.27 bits per heavy atom. The molecule has 80 valence electrons. The molecule has 2 rings (SSSR count). The first-order chi connectivity index (χ1) is 7.22. The zero-order valence-corrected chi connectivity index (χ0v) is 8.42. The molecule has 0 aliphatic carbocycles. The van der Waals surface area contributed by atoms with Gasteiger partial charge in [-0.05, 0) is 12.5 Å². The first kappa shape index (κ1) is 10.3. The van der Waals surface area contributed by atoms with E-state index >= 15 is 0 Å². The minimum atomic E-state index is -0.522. The Kier molecular flexibility index (Phi) is 2.82. The molecule has 1 aromatic carbocycles. The lowest BCUT2D eigenvalue weighted by Gasteiger charge is -2.40. The van der Waals surface area contributed by atoms with E-state index in [1.165, 1.54) is 12.1 Å². The molecule has 0 N–H and O–H groups in total. The van der Waals surface area contributed by atoms with Crippen molar-refractivity contribution >= 4 is 0 Å². The SMILES string of the molecule is C=CCN1CCC1c1ccc(F)cc1F. The van der Waals surface area contributed by atoms with Gasteiger partial charge in [0.25, 0.3) is 0 Å². The second-order valence-electron chi connectivity index (χ2n) is 3.75. The molecule has 0 saturated carbocycles. The molecule has 0 radical (unpaired) electrons. The van der Waals surface area contributed by atoms with Crippen LogP contribution in [-0.2, 0) is 0 Å². The molecule has 0 aromatic heterocycles. The molecule has 1 aliphatic heterocycles. The number of rotatable bonds is 3. The van der Waals surface area contributed by atoms with Crippen molar-refractivity contribution in [1.29, 1.82) is 0 Å². The van der Waals surface area contributed by atoms with Gasteiger partial charge in [0.05, 0.1) is 0 Å². The third-order valence-electron chi connectivity index (χ3n) is 2.82. The number of benzene rings is 1. The van der Waals surface area contributed by atoms with Crippen molar-refractivity contribution in [3.63, 3.8) is 0 Å². The summed E-state index contributed by atoms with van der Waals surface area (Å²) in [5.74, 6) is -0.973. The Labute approximate surface area is 88.0 Å². The molecule has 3 heteroatoms. The summed E-state index contributed by atoms with van der Waals surface area (Å²) in [6, 6.07) is 3.87. The van der Waals surface area contributed by atoms with E-state index in [2.05, 4.69) is 11.5 Å². The van der Waals surface area contributed by atoms with E-state index in [-0.39, 0.29) is 6.04 Å². The van der Waals surface area contributed by atoms with Crippen molar-refractivity contribution in [2.45, 2.75) is 12.5 Å².